The monoisotopic (exact) mass is 246 g/mol. The maximum atomic E-state index is 13.8. The fraction of sp³-hybridized carbons (Fsp3) is 0.214. The maximum absolute atomic E-state index is 13.8. The van der Waals surface area contributed by atoms with Crippen molar-refractivity contribution in [3.63, 3.8) is 0 Å². The van der Waals surface area contributed by atoms with E-state index in [-0.39, 0.29) is 11.6 Å². The molecule has 1 aliphatic heterocycles. The zero-order valence-electron chi connectivity index (χ0n) is 9.71. The molecule has 1 aromatic heterocycles. The van der Waals surface area contributed by atoms with Crippen molar-refractivity contribution < 1.29 is 8.78 Å². The fourth-order valence-electron chi connectivity index (χ4n) is 2.41. The summed E-state index contributed by atoms with van der Waals surface area (Å²) >= 11 is 0. The van der Waals surface area contributed by atoms with E-state index < -0.39 is 0 Å². The van der Waals surface area contributed by atoms with Crippen molar-refractivity contribution in [3.05, 3.63) is 53.4 Å². The second-order valence-corrected chi connectivity index (χ2v) is 4.33. The molecule has 0 bridgehead atoms. The molecule has 2 nitrogen and oxygen atoms in total. The summed E-state index contributed by atoms with van der Waals surface area (Å²) < 4.78 is 27.5. The van der Waals surface area contributed by atoms with E-state index >= 15 is 0 Å². The molecular formula is C14H12F2N2. The van der Waals surface area contributed by atoms with Gasteiger partial charge in [-0.2, -0.15) is 0 Å². The van der Waals surface area contributed by atoms with Crippen LogP contribution in [0.15, 0.2) is 30.6 Å². The first kappa shape index (κ1) is 11.3. The average Bonchev–Trinajstić information content (AvgIpc) is 2.41. The van der Waals surface area contributed by atoms with Gasteiger partial charge in [0.25, 0.3) is 0 Å². The quantitative estimate of drug-likeness (QED) is 0.836. The van der Waals surface area contributed by atoms with Gasteiger partial charge in [0.15, 0.2) is 0 Å². The molecule has 2 aromatic rings. The van der Waals surface area contributed by atoms with Crippen LogP contribution in [-0.2, 0) is 13.0 Å². The molecule has 0 radical (unpaired) electrons. The molecule has 0 unspecified atom stereocenters. The minimum absolute atomic E-state index is 0.204. The van der Waals surface area contributed by atoms with Gasteiger partial charge in [-0.25, -0.2) is 8.78 Å². The third-order valence-corrected chi connectivity index (χ3v) is 3.29. The molecule has 0 fully saturated rings. The molecule has 92 valence electrons. The summed E-state index contributed by atoms with van der Waals surface area (Å²) in [6.07, 6.45) is 3.37. The Morgan fingerprint density at radius 1 is 1.00 bits per heavy atom. The van der Waals surface area contributed by atoms with Crippen LogP contribution in [0.25, 0.3) is 11.1 Å². The zero-order chi connectivity index (χ0) is 12.5. The van der Waals surface area contributed by atoms with Crippen LogP contribution >= 0.6 is 0 Å². The fourth-order valence-corrected chi connectivity index (χ4v) is 2.41. The van der Waals surface area contributed by atoms with Gasteiger partial charge >= 0.3 is 0 Å². The standard InChI is InChI=1S/C14H12F2N2/c15-13-2-1-9(10-3-6-18-8-14(10)16)12-7-17-5-4-11(12)13/h1-3,6,8,17H,4-5,7H2. The Morgan fingerprint density at radius 3 is 2.72 bits per heavy atom. The summed E-state index contributed by atoms with van der Waals surface area (Å²) in [5.74, 6) is -0.582. The third-order valence-electron chi connectivity index (χ3n) is 3.29. The van der Waals surface area contributed by atoms with Gasteiger partial charge in [0, 0.05) is 18.3 Å². The number of rotatable bonds is 1. The maximum Gasteiger partial charge on any atom is 0.149 e. The van der Waals surface area contributed by atoms with E-state index in [9.17, 15) is 8.78 Å². The number of nitrogens with one attached hydrogen (secondary N) is 1. The molecule has 1 aliphatic rings. The summed E-state index contributed by atoms with van der Waals surface area (Å²) in [5.41, 5.74) is 2.78. The van der Waals surface area contributed by atoms with Crippen molar-refractivity contribution in [2.24, 2.45) is 0 Å². The van der Waals surface area contributed by atoms with E-state index in [1.807, 2.05) is 0 Å². The number of pyridine rings is 1. The van der Waals surface area contributed by atoms with Crippen LogP contribution < -0.4 is 5.32 Å². The molecule has 0 saturated carbocycles. The largest absolute Gasteiger partial charge is 0.312 e. The van der Waals surface area contributed by atoms with E-state index in [1.165, 1.54) is 12.3 Å². The molecule has 3 rings (SSSR count). The highest BCUT2D eigenvalue weighted by Crippen LogP contribution is 2.31. The lowest BCUT2D eigenvalue weighted by Gasteiger charge is -2.21. The van der Waals surface area contributed by atoms with Gasteiger partial charge in [-0.1, -0.05) is 6.07 Å². The molecule has 0 aliphatic carbocycles. The van der Waals surface area contributed by atoms with Gasteiger partial charge in [-0.05, 0) is 41.8 Å². The minimum Gasteiger partial charge on any atom is -0.312 e. The van der Waals surface area contributed by atoms with Crippen LogP contribution in [-0.4, -0.2) is 11.5 Å². The summed E-state index contributed by atoms with van der Waals surface area (Å²) in [6, 6.07) is 4.68. The number of nitrogens with zero attached hydrogens (tertiary/aromatic N) is 1. The van der Waals surface area contributed by atoms with Gasteiger partial charge in [0.05, 0.1) is 6.20 Å². The molecule has 2 heterocycles. The van der Waals surface area contributed by atoms with Crippen molar-refractivity contribution in [1.29, 1.82) is 0 Å². The SMILES string of the molecule is Fc1cnccc1-c1ccc(F)c2c1CNCC2. The highest BCUT2D eigenvalue weighted by Gasteiger charge is 2.19. The summed E-state index contributed by atoms with van der Waals surface area (Å²) in [4.78, 5) is 3.74. The number of halogens is 2. The van der Waals surface area contributed by atoms with Crippen LogP contribution in [0, 0.1) is 11.6 Å². The highest BCUT2D eigenvalue weighted by molar-refractivity contribution is 5.69. The van der Waals surface area contributed by atoms with E-state index in [0.717, 1.165) is 17.7 Å². The molecule has 0 amide bonds. The lowest BCUT2D eigenvalue weighted by Crippen LogP contribution is -2.25. The van der Waals surface area contributed by atoms with Gasteiger partial charge in [-0.15, -0.1) is 0 Å². The molecular weight excluding hydrogens is 234 g/mol. The van der Waals surface area contributed by atoms with Crippen LogP contribution in [0.1, 0.15) is 11.1 Å². The molecule has 0 saturated heterocycles. The predicted molar refractivity (Wildman–Crippen MR) is 65.0 cm³/mol. The number of hydrogen-bond donors (Lipinski definition) is 1. The normalized spacial score (nSPS) is 14.3. The van der Waals surface area contributed by atoms with Gasteiger partial charge in [0.2, 0.25) is 0 Å². The first-order valence-corrected chi connectivity index (χ1v) is 5.88. The lowest BCUT2D eigenvalue weighted by atomic mass is 9.92. The van der Waals surface area contributed by atoms with Crippen LogP contribution in [0.5, 0.6) is 0 Å². The lowest BCUT2D eigenvalue weighted by molar-refractivity contribution is 0.569. The molecule has 0 atom stereocenters. The number of aromatic nitrogens is 1. The number of hydrogen-bond acceptors (Lipinski definition) is 2. The molecule has 1 N–H and O–H groups in total. The summed E-state index contributed by atoms with van der Waals surface area (Å²) in [6.45, 7) is 1.33. The Bertz CT molecular complexity index is 596. The first-order valence-electron chi connectivity index (χ1n) is 5.88. The Balaban J connectivity index is 2.22. The minimum atomic E-state index is -0.378. The third kappa shape index (κ3) is 1.78. The van der Waals surface area contributed by atoms with Gasteiger partial charge in [0.1, 0.15) is 11.6 Å². The first-order chi connectivity index (χ1) is 8.77. The number of benzene rings is 1. The Hall–Kier alpha value is -1.81. The second kappa shape index (κ2) is 4.46. The molecule has 1 aromatic carbocycles. The van der Waals surface area contributed by atoms with Gasteiger partial charge in [-0.3, -0.25) is 4.98 Å². The smallest absolute Gasteiger partial charge is 0.149 e. The Labute approximate surface area is 104 Å². The molecule has 0 spiro atoms. The summed E-state index contributed by atoms with van der Waals surface area (Å²) in [5, 5.41) is 3.19. The van der Waals surface area contributed by atoms with E-state index in [2.05, 4.69) is 10.3 Å². The second-order valence-electron chi connectivity index (χ2n) is 4.33. The van der Waals surface area contributed by atoms with Gasteiger partial charge < -0.3 is 5.32 Å². The summed E-state index contributed by atoms with van der Waals surface area (Å²) in [7, 11) is 0. The predicted octanol–water partition coefficient (Wildman–Crippen LogP) is 2.67. The van der Waals surface area contributed by atoms with Crippen molar-refractivity contribution >= 4 is 0 Å². The van der Waals surface area contributed by atoms with E-state index in [0.29, 0.717) is 24.1 Å². The van der Waals surface area contributed by atoms with E-state index in [1.54, 1.807) is 18.3 Å². The van der Waals surface area contributed by atoms with Crippen molar-refractivity contribution in [2.45, 2.75) is 13.0 Å². The van der Waals surface area contributed by atoms with E-state index in [4.69, 9.17) is 0 Å². The van der Waals surface area contributed by atoms with Crippen molar-refractivity contribution in [3.8, 4) is 11.1 Å². The Morgan fingerprint density at radius 2 is 1.89 bits per heavy atom. The topological polar surface area (TPSA) is 24.9 Å². The number of fused-ring (bicyclic) bond motifs is 1. The highest BCUT2D eigenvalue weighted by atomic mass is 19.1. The molecule has 4 heteroatoms. The average molecular weight is 246 g/mol. The van der Waals surface area contributed by atoms with Crippen molar-refractivity contribution in [1.82, 2.24) is 10.3 Å². The molecule has 18 heavy (non-hydrogen) atoms. The van der Waals surface area contributed by atoms with Crippen LogP contribution in [0.2, 0.25) is 0 Å². The van der Waals surface area contributed by atoms with Crippen LogP contribution in [0.4, 0.5) is 8.78 Å². The van der Waals surface area contributed by atoms with Crippen LogP contribution in [0.3, 0.4) is 0 Å². The zero-order valence-corrected chi connectivity index (χ0v) is 9.71. The van der Waals surface area contributed by atoms with Crippen molar-refractivity contribution in [2.75, 3.05) is 6.54 Å². The Kier molecular flexibility index (Phi) is 2.80.